The Kier molecular flexibility index (Phi) is 4.32. The van der Waals surface area contributed by atoms with E-state index >= 15 is 0 Å². The van der Waals surface area contributed by atoms with E-state index in [1.165, 1.54) is 12.1 Å². The monoisotopic (exact) mass is 314 g/mol. The van der Waals surface area contributed by atoms with Gasteiger partial charge in [0, 0.05) is 31.9 Å². The van der Waals surface area contributed by atoms with Gasteiger partial charge in [-0.15, -0.1) is 0 Å². The molecule has 0 aliphatic heterocycles. The molecular weight excluding hydrogens is 300 g/mol. The molecule has 0 saturated heterocycles. The predicted octanol–water partition coefficient (Wildman–Crippen LogP) is 1.18. The van der Waals surface area contributed by atoms with Gasteiger partial charge < -0.3 is 5.73 Å². The zero-order valence-electron chi connectivity index (χ0n) is 10.9. The second-order valence-electron chi connectivity index (χ2n) is 4.32. The Hall–Kier alpha value is -1.57. The minimum atomic E-state index is -3.67. The Bertz CT molecular complexity index is 712. The Morgan fingerprint density at radius 2 is 2.15 bits per heavy atom. The molecule has 0 radical (unpaired) electrons. The quantitative estimate of drug-likeness (QED) is 0.811. The standard InChI is InChI=1S/C12H15ClN4O2S/c1-17-7-5-10(16-17)4-6-15-20(18,19)12-8-9(14)2-3-11(12)13/h2-3,5,7-8,15H,4,6,14H2,1H3. The van der Waals surface area contributed by atoms with Crippen molar-refractivity contribution in [3.8, 4) is 0 Å². The van der Waals surface area contributed by atoms with Crippen molar-refractivity contribution in [3.05, 3.63) is 41.2 Å². The van der Waals surface area contributed by atoms with E-state index in [0.29, 0.717) is 12.1 Å². The van der Waals surface area contributed by atoms with Crippen LogP contribution in [-0.4, -0.2) is 24.7 Å². The Morgan fingerprint density at radius 3 is 2.80 bits per heavy atom. The zero-order chi connectivity index (χ0) is 14.8. The maximum atomic E-state index is 12.1. The number of nitrogens with zero attached hydrogens (tertiary/aromatic N) is 2. The van der Waals surface area contributed by atoms with E-state index < -0.39 is 10.0 Å². The molecule has 8 heteroatoms. The second kappa shape index (κ2) is 5.82. The van der Waals surface area contributed by atoms with Crippen LogP contribution in [0, 0.1) is 0 Å². The van der Waals surface area contributed by atoms with Crippen LogP contribution >= 0.6 is 11.6 Å². The van der Waals surface area contributed by atoms with Crippen LogP contribution in [0.4, 0.5) is 5.69 Å². The van der Waals surface area contributed by atoms with Crippen LogP contribution < -0.4 is 10.5 Å². The number of benzene rings is 1. The third kappa shape index (κ3) is 3.50. The molecule has 3 N–H and O–H groups in total. The van der Waals surface area contributed by atoms with Crippen molar-refractivity contribution in [2.45, 2.75) is 11.3 Å². The Morgan fingerprint density at radius 1 is 1.40 bits per heavy atom. The second-order valence-corrected chi connectivity index (χ2v) is 6.46. The van der Waals surface area contributed by atoms with Crippen LogP contribution in [0.1, 0.15) is 5.69 Å². The highest BCUT2D eigenvalue weighted by Crippen LogP contribution is 2.23. The van der Waals surface area contributed by atoms with Gasteiger partial charge in [-0.3, -0.25) is 4.68 Å². The number of nitrogens with two attached hydrogens (primary N) is 1. The summed E-state index contributed by atoms with van der Waals surface area (Å²) in [4.78, 5) is -0.0137. The summed E-state index contributed by atoms with van der Waals surface area (Å²) in [5.74, 6) is 0. The number of rotatable bonds is 5. The summed E-state index contributed by atoms with van der Waals surface area (Å²) < 4.78 is 28.4. The number of sulfonamides is 1. The van der Waals surface area contributed by atoms with Gasteiger partial charge in [0.05, 0.1) is 10.7 Å². The highest BCUT2D eigenvalue weighted by atomic mass is 35.5. The number of aromatic nitrogens is 2. The summed E-state index contributed by atoms with van der Waals surface area (Å²) in [5, 5.41) is 4.31. The van der Waals surface area contributed by atoms with Crippen molar-refractivity contribution in [3.63, 3.8) is 0 Å². The number of halogens is 1. The topological polar surface area (TPSA) is 90.0 Å². The van der Waals surface area contributed by atoms with Crippen molar-refractivity contribution in [1.29, 1.82) is 0 Å². The van der Waals surface area contributed by atoms with Crippen molar-refractivity contribution >= 4 is 27.3 Å². The summed E-state index contributed by atoms with van der Waals surface area (Å²) in [6.45, 7) is 0.241. The third-order valence-electron chi connectivity index (χ3n) is 2.69. The molecule has 1 heterocycles. The van der Waals surface area contributed by atoms with Crippen LogP contribution in [0.3, 0.4) is 0 Å². The van der Waals surface area contributed by atoms with Gasteiger partial charge in [0.2, 0.25) is 10.0 Å². The fourth-order valence-corrected chi connectivity index (χ4v) is 3.28. The van der Waals surface area contributed by atoms with Crippen molar-refractivity contribution in [2.75, 3.05) is 12.3 Å². The molecule has 1 aromatic carbocycles. The van der Waals surface area contributed by atoms with Gasteiger partial charge in [0.25, 0.3) is 0 Å². The first-order chi connectivity index (χ1) is 9.38. The van der Waals surface area contributed by atoms with Crippen LogP contribution in [0.25, 0.3) is 0 Å². The summed E-state index contributed by atoms with van der Waals surface area (Å²) in [6, 6.07) is 6.19. The van der Waals surface area contributed by atoms with E-state index in [-0.39, 0.29) is 16.5 Å². The van der Waals surface area contributed by atoms with E-state index in [4.69, 9.17) is 17.3 Å². The van der Waals surface area contributed by atoms with Gasteiger partial charge in [-0.2, -0.15) is 5.10 Å². The molecule has 6 nitrogen and oxygen atoms in total. The van der Waals surface area contributed by atoms with Gasteiger partial charge in [0.15, 0.2) is 0 Å². The lowest BCUT2D eigenvalue weighted by atomic mass is 10.3. The minimum Gasteiger partial charge on any atom is -0.399 e. The van der Waals surface area contributed by atoms with Crippen LogP contribution in [-0.2, 0) is 23.5 Å². The summed E-state index contributed by atoms with van der Waals surface area (Å²) in [5.41, 5.74) is 6.74. The molecule has 0 aliphatic rings. The van der Waals surface area contributed by atoms with Crippen molar-refractivity contribution in [1.82, 2.24) is 14.5 Å². The van der Waals surface area contributed by atoms with Crippen molar-refractivity contribution in [2.24, 2.45) is 7.05 Å². The van der Waals surface area contributed by atoms with E-state index in [0.717, 1.165) is 5.69 Å². The fourth-order valence-electron chi connectivity index (χ4n) is 1.71. The molecule has 0 atom stereocenters. The Labute approximate surface area is 122 Å². The SMILES string of the molecule is Cn1ccc(CCNS(=O)(=O)c2cc(N)ccc2Cl)n1. The first-order valence-corrected chi connectivity index (χ1v) is 7.78. The molecule has 0 aliphatic carbocycles. The average Bonchev–Trinajstić information content (AvgIpc) is 2.78. The summed E-state index contributed by atoms with van der Waals surface area (Å²) in [6.07, 6.45) is 2.30. The molecule has 0 fully saturated rings. The number of aryl methyl sites for hydroxylation is 1. The van der Waals surface area contributed by atoms with Crippen LogP contribution in [0.15, 0.2) is 35.4 Å². The Balaban J connectivity index is 2.06. The smallest absolute Gasteiger partial charge is 0.242 e. The number of nitrogens with one attached hydrogen (secondary N) is 1. The highest BCUT2D eigenvalue weighted by Gasteiger charge is 2.17. The molecule has 0 bridgehead atoms. The largest absolute Gasteiger partial charge is 0.399 e. The number of hydrogen-bond acceptors (Lipinski definition) is 4. The van der Waals surface area contributed by atoms with E-state index in [2.05, 4.69) is 9.82 Å². The molecule has 1 aromatic heterocycles. The van der Waals surface area contributed by atoms with Crippen molar-refractivity contribution < 1.29 is 8.42 Å². The zero-order valence-corrected chi connectivity index (χ0v) is 12.4. The molecule has 2 rings (SSSR count). The van der Waals surface area contributed by atoms with Crippen LogP contribution in [0.2, 0.25) is 5.02 Å². The lowest BCUT2D eigenvalue weighted by Gasteiger charge is -2.08. The number of anilines is 1. The molecule has 0 unspecified atom stereocenters. The lowest BCUT2D eigenvalue weighted by Crippen LogP contribution is -2.26. The van der Waals surface area contributed by atoms with E-state index in [1.54, 1.807) is 24.0 Å². The highest BCUT2D eigenvalue weighted by molar-refractivity contribution is 7.89. The molecular formula is C12H15ClN4O2S. The minimum absolute atomic E-state index is 0.0137. The fraction of sp³-hybridized carbons (Fsp3) is 0.250. The molecule has 2 aromatic rings. The number of hydrogen-bond donors (Lipinski definition) is 2. The molecule has 0 spiro atoms. The van der Waals surface area contributed by atoms with Gasteiger partial charge >= 0.3 is 0 Å². The molecule has 108 valence electrons. The predicted molar refractivity (Wildman–Crippen MR) is 78.0 cm³/mol. The summed E-state index contributed by atoms with van der Waals surface area (Å²) in [7, 11) is -1.87. The number of nitrogen functional groups attached to an aromatic ring is 1. The first-order valence-electron chi connectivity index (χ1n) is 5.92. The van der Waals surface area contributed by atoms with Gasteiger partial charge in [-0.25, -0.2) is 13.1 Å². The van der Waals surface area contributed by atoms with Gasteiger partial charge in [-0.05, 0) is 24.3 Å². The maximum Gasteiger partial charge on any atom is 0.242 e. The van der Waals surface area contributed by atoms with Gasteiger partial charge in [0.1, 0.15) is 4.90 Å². The third-order valence-corrected chi connectivity index (χ3v) is 4.63. The van der Waals surface area contributed by atoms with Crippen LogP contribution in [0.5, 0.6) is 0 Å². The molecule has 0 amide bonds. The molecule has 20 heavy (non-hydrogen) atoms. The van der Waals surface area contributed by atoms with E-state index in [1.807, 2.05) is 6.07 Å². The molecule has 0 saturated carbocycles. The van der Waals surface area contributed by atoms with Gasteiger partial charge in [-0.1, -0.05) is 11.6 Å². The van der Waals surface area contributed by atoms with E-state index in [9.17, 15) is 8.42 Å². The average molecular weight is 315 g/mol. The lowest BCUT2D eigenvalue weighted by molar-refractivity contribution is 0.581. The maximum absolute atomic E-state index is 12.1. The first kappa shape index (κ1) is 14.8. The normalized spacial score (nSPS) is 11.7. The summed E-state index contributed by atoms with van der Waals surface area (Å²) >= 11 is 5.89.